The number of carbonyl (C=O) groups is 5. The summed E-state index contributed by atoms with van der Waals surface area (Å²) < 4.78 is 31.2. The van der Waals surface area contributed by atoms with Crippen molar-refractivity contribution in [3.05, 3.63) is 169 Å². The fourth-order valence-corrected chi connectivity index (χ4v) is 17.1. The third kappa shape index (κ3) is 21.6. The van der Waals surface area contributed by atoms with Gasteiger partial charge in [0.1, 0.15) is 22.7 Å². The van der Waals surface area contributed by atoms with Gasteiger partial charge in [-0.3, -0.25) is 43.9 Å². The number of benzene rings is 5. The first-order valence-corrected chi connectivity index (χ1v) is 40.1. The topological polar surface area (TPSA) is 260 Å². The number of nitro benzene ring substituents is 1. The van der Waals surface area contributed by atoms with Crippen LogP contribution in [0.25, 0.3) is 16.0 Å². The summed E-state index contributed by atoms with van der Waals surface area (Å²) in [5.41, 5.74) is 8.03. The predicted octanol–water partition coefficient (Wildman–Crippen LogP) is 12.8. The van der Waals surface area contributed by atoms with Crippen LogP contribution in [0.15, 0.2) is 136 Å². The molecule has 0 spiro atoms. The standard InChI is InChI=1S/C80H100ClN11O10S3/c1-54(56-23-25-58(26-24-56)73-55(2)82-53-104-73)83-76(97)69-47-64(93)51-91(69)77(98)74(78(3,4)5)84-71(94)21-15-10-11-16-22-72(95)90-44-38-87(39-45-90)37-17-18-60-46-67(85-80(8,9)52-103-65-19-13-12-14-20-65)68(92(99)100)48-70(60)105(101,102)86-75(96)59-29-33-63(34-30-59)89-42-40-88(41-43-89)50-61-49-79(6,7)36-35-66(61)57-27-31-62(81)32-28-57/h12-14,19-20,23-34,46,48,53-54,64,69,74,85,93H,10-11,15-16,21-22,35-45,47,49-52H2,1-9H3,(H,83,97)(H,84,94)(H,86,96)/t54-,64+,69-,74+/m0/s1. The van der Waals surface area contributed by atoms with Crippen molar-refractivity contribution in [3.8, 4) is 22.3 Å². The van der Waals surface area contributed by atoms with Gasteiger partial charge in [-0.05, 0) is 147 Å². The Balaban J connectivity index is 0.705. The SMILES string of the molecule is Cc1ncsc1-c1ccc([C@H](C)NC(=O)[C@@H]2C[C@@H](O)CN2C(=O)[C@@H](NC(=O)CCCCCCC(=O)N2CCN(CC#Cc3cc(NC(C)(C)CSc4ccccc4)c([N+](=O)[O-])cc3S(=O)(=O)NC(=O)c3ccc(N4CCN(CC5=C(c6ccc(Cl)cc6)CCC(C)(C)C5)CC4)cc3)CC2)C(C)(C)C)cc1. The fraction of sp³-hybridized carbons (Fsp3) is 0.475. The summed E-state index contributed by atoms with van der Waals surface area (Å²) in [5.74, 6) is 4.58. The average molecular weight is 1510 g/mol. The van der Waals surface area contributed by atoms with Crippen LogP contribution in [0.3, 0.4) is 0 Å². The maximum atomic E-state index is 14.5. The molecule has 10 rings (SSSR count). The van der Waals surface area contributed by atoms with Crippen LogP contribution in [0.2, 0.25) is 5.02 Å². The number of thioether (sulfide) groups is 1. The lowest BCUT2D eigenvalue weighted by Crippen LogP contribution is -2.57. The molecule has 3 saturated heterocycles. The number of amides is 5. The maximum Gasteiger partial charge on any atom is 0.293 e. The molecule has 5 aromatic carbocycles. The highest BCUT2D eigenvalue weighted by Gasteiger charge is 2.45. The van der Waals surface area contributed by atoms with Gasteiger partial charge in [-0.1, -0.05) is 131 Å². The molecule has 3 aliphatic heterocycles. The third-order valence-corrected chi connectivity index (χ3v) is 24.2. The van der Waals surface area contributed by atoms with Crippen LogP contribution in [-0.4, -0.2) is 174 Å². The molecule has 0 unspecified atom stereocenters. The number of aromatic nitrogens is 1. The third-order valence-electron chi connectivity index (χ3n) is 20.1. The Hall–Kier alpha value is -8.15. The number of hydrogen-bond acceptors (Lipinski definition) is 17. The minimum absolute atomic E-state index is 0.00492. The minimum Gasteiger partial charge on any atom is -0.391 e. The van der Waals surface area contributed by atoms with E-state index in [0.29, 0.717) is 64.0 Å². The first-order chi connectivity index (χ1) is 49.9. The van der Waals surface area contributed by atoms with Gasteiger partial charge in [0.2, 0.25) is 23.6 Å². The van der Waals surface area contributed by atoms with Gasteiger partial charge in [0.05, 0.1) is 39.7 Å². The molecule has 3 fully saturated rings. The zero-order valence-electron chi connectivity index (χ0n) is 61.8. The number of likely N-dealkylation sites (tertiary alicyclic amines) is 1. The van der Waals surface area contributed by atoms with Crippen molar-refractivity contribution in [2.24, 2.45) is 10.8 Å². The zero-order chi connectivity index (χ0) is 75.4. The van der Waals surface area contributed by atoms with Crippen LogP contribution < -0.4 is 25.6 Å². The Morgan fingerprint density at radius 3 is 2.13 bits per heavy atom. The second-order valence-corrected chi connectivity index (χ2v) is 34.7. The van der Waals surface area contributed by atoms with Crippen molar-refractivity contribution in [2.75, 3.05) is 88.0 Å². The molecule has 6 aromatic rings. The number of aliphatic hydroxyl groups is 1. The quantitative estimate of drug-likeness (QED) is 0.0106. The number of thiazole rings is 1. The van der Waals surface area contributed by atoms with Crippen molar-refractivity contribution < 1.29 is 42.4 Å². The van der Waals surface area contributed by atoms with Crippen molar-refractivity contribution in [1.82, 2.24) is 39.9 Å². The molecule has 0 bridgehead atoms. The minimum atomic E-state index is -4.77. The molecule has 560 valence electrons. The van der Waals surface area contributed by atoms with Crippen molar-refractivity contribution in [1.29, 1.82) is 0 Å². The summed E-state index contributed by atoms with van der Waals surface area (Å²) in [6.45, 7) is 23.9. The number of nitrogens with zero attached hydrogens (tertiary/aromatic N) is 7. The molecule has 1 aromatic heterocycles. The highest BCUT2D eigenvalue weighted by Crippen LogP contribution is 2.43. The van der Waals surface area contributed by atoms with E-state index in [4.69, 9.17) is 11.6 Å². The number of β-amino-alcohol motifs (C(OH)–C–C–N with tert-alkyl or cyclic N) is 1. The van der Waals surface area contributed by atoms with E-state index in [2.05, 4.69) is 73.3 Å². The molecule has 25 heteroatoms. The molecule has 21 nitrogen and oxygen atoms in total. The number of allylic oxidation sites excluding steroid dienone is 1. The lowest BCUT2D eigenvalue weighted by Gasteiger charge is -2.39. The van der Waals surface area contributed by atoms with Crippen LogP contribution in [0.5, 0.6) is 0 Å². The number of piperazine rings is 2. The molecule has 105 heavy (non-hydrogen) atoms. The van der Waals surface area contributed by atoms with E-state index < -0.39 is 66.5 Å². The molecular weight excluding hydrogens is 1410 g/mol. The van der Waals surface area contributed by atoms with E-state index in [-0.39, 0.29) is 71.9 Å². The van der Waals surface area contributed by atoms with Crippen molar-refractivity contribution in [3.63, 3.8) is 0 Å². The number of aryl methyl sites for hydroxylation is 1. The molecule has 1 aliphatic carbocycles. The molecule has 0 radical (unpaired) electrons. The van der Waals surface area contributed by atoms with E-state index in [1.807, 2.05) is 131 Å². The van der Waals surface area contributed by atoms with E-state index in [1.54, 1.807) is 47.4 Å². The highest BCUT2D eigenvalue weighted by molar-refractivity contribution is 7.99. The number of nitro groups is 1. The number of anilines is 2. The normalized spacial score (nSPS) is 18.0. The number of hydrogen-bond donors (Lipinski definition) is 5. The van der Waals surface area contributed by atoms with Gasteiger partial charge in [0, 0.05) is 129 Å². The van der Waals surface area contributed by atoms with Crippen molar-refractivity contribution >= 4 is 96.9 Å². The Labute approximate surface area is 631 Å². The number of aliphatic hydroxyl groups excluding tert-OH is 1. The second kappa shape index (κ2) is 35.1. The maximum absolute atomic E-state index is 14.5. The van der Waals surface area contributed by atoms with Gasteiger partial charge in [0.25, 0.3) is 21.6 Å². The van der Waals surface area contributed by atoms with Crippen LogP contribution >= 0.6 is 34.7 Å². The van der Waals surface area contributed by atoms with Gasteiger partial charge in [0.15, 0.2) is 0 Å². The molecule has 4 atom stereocenters. The Morgan fingerprint density at radius 2 is 1.49 bits per heavy atom. The lowest BCUT2D eigenvalue weighted by atomic mass is 9.73. The van der Waals surface area contributed by atoms with Gasteiger partial charge in [-0.2, -0.15) is 0 Å². The van der Waals surface area contributed by atoms with Gasteiger partial charge in [-0.15, -0.1) is 23.1 Å². The van der Waals surface area contributed by atoms with Gasteiger partial charge >= 0.3 is 0 Å². The molecule has 4 aliphatic rings. The van der Waals surface area contributed by atoms with E-state index in [0.717, 1.165) is 95.4 Å². The Bertz CT molecular complexity index is 4290. The van der Waals surface area contributed by atoms with E-state index >= 15 is 0 Å². The molecule has 5 amide bonds. The first-order valence-electron chi connectivity index (χ1n) is 36.4. The average Bonchev–Trinajstić information content (AvgIpc) is 0.820. The first kappa shape index (κ1) is 79.4. The smallest absolute Gasteiger partial charge is 0.293 e. The van der Waals surface area contributed by atoms with E-state index in [1.165, 1.54) is 27.7 Å². The molecular formula is C80H100ClN11O10S3. The summed E-state index contributed by atoms with van der Waals surface area (Å²) in [6.07, 6.45) is 5.36. The summed E-state index contributed by atoms with van der Waals surface area (Å²) >= 11 is 9.38. The van der Waals surface area contributed by atoms with E-state index in [9.17, 15) is 47.6 Å². The lowest BCUT2D eigenvalue weighted by molar-refractivity contribution is -0.384. The Kier molecular flexibility index (Phi) is 26.5. The van der Waals surface area contributed by atoms with Gasteiger partial charge in [-0.25, -0.2) is 18.1 Å². The predicted molar refractivity (Wildman–Crippen MR) is 418 cm³/mol. The summed E-state index contributed by atoms with van der Waals surface area (Å²) in [6, 6.07) is 32.6. The second-order valence-electron chi connectivity index (χ2n) is 30.7. The molecule has 5 N–H and O–H groups in total. The van der Waals surface area contributed by atoms with Crippen LogP contribution in [0, 0.1) is 39.7 Å². The summed E-state index contributed by atoms with van der Waals surface area (Å²) in [4.78, 5) is 97.2. The number of sulfonamides is 1. The number of unbranched alkanes of at least 4 members (excludes halogenated alkanes) is 3. The van der Waals surface area contributed by atoms with Gasteiger partial charge < -0.3 is 35.8 Å². The summed E-state index contributed by atoms with van der Waals surface area (Å²) in [5, 5.41) is 33.6. The van der Waals surface area contributed by atoms with Crippen LogP contribution in [-0.2, 0) is 29.2 Å². The summed E-state index contributed by atoms with van der Waals surface area (Å²) in [7, 11) is -4.77. The molecule has 4 heterocycles. The van der Waals surface area contributed by atoms with Crippen LogP contribution in [0.1, 0.15) is 158 Å². The zero-order valence-corrected chi connectivity index (χ0v) is 65.0. The highest BCUT2D eigenvalue weighted by atomic mass is 35.5. The Morgan fingerprint density at radius 1 is 0.829 bits per heavy atom. The monoisotopic (exact) mass is 1510 g/mol. The van der Waals surface area contributed by atoms with Crippen molar-refractivity contribution in [2.45, 2.75) is 166 Å². The number of halogens is 1. The number of nitrogens with one attached hydrogen (secondary N) is 4. The number of carbonyl (C=O) groups excluding carboxylic acids is 5. The fourth-order valence-electron chi connectivity index (χ4n) is 14.1. The largest absolute Gasteiger partial charge is 0.391 e. The van der Waals surface area contributed by atoms with Crippen LogP contribution in [0.4, 0.5) is 17.1 Å². The molecule has 0 saturated carbocycles. The number of rotatable bonds is 27.